The van der Waals surface area contributed by atoms with Crippen LogP contribution < -0.4 is 10.1 Å². The second kappa shape index (κ2) is 10.9. The third kappa shape index (κ3) is 5.88. The zero-order valence-electron chi connectivity index (χ0n) is 19.1. The van der Waals surface area contributed by atoms with Gasteiger partial charge in [-0.1, -0.05) is 24.3 Å². The largest absolute Gasteiger partial charge is 0.497 e. The molecule has 0 bridgehead atoms. The summed E-state index contributed by atoms with van der Waals surface area (Å²) in [6.45, 7) is 8.95. The van der Waals surface area contributed by atoms with E-state index in [-0.39, 0.29) is 5.91 Å². The standard InChI is InChI=1S/C26H31N5O2/c1-3-13-27-25(32)20-30-16-14-29(15-17-30)18-22-19-31(23-7-5-4-6-8-23)28-26(22)21-9-11-24(33-2)12-10-21/h3-12,19H,1,13-18,20H2,2H3,(H,27,32). The van der Waals surface area contributed by atoms with Gasteiger partial charge < -0.3 is 10.1 Å². The number of hydrogen-bond acceptors (Lipinski definition) is 5. The molecule has 2 heterocycles. The summed E-state index contributed by atoms with van der Waals surface area (Å²) in [7, 11) is 1.67. The van der Waals surface area contributed by atoms with Crippen LogP contribution in [0.15, 0.2) is 73.4 Å². The monoisotopic (exact) mass is 445 g/mol. The molecule has 2 aromatic carbocycles. The summed E-state index contributed by atoms with van der Waals surface area (Å²) in [6.07, 6.45) is 3.83. The van der Waals surface area contributed by atoms with Crippen molar-refractivity contribution in [1.82, 2.24) is 24.9 Å². The number of piperazine rings is 1. The van der Waals surface area contributed by atoms with Gasteiger partial charge in [-0.2, -0.15) is 5.10 Å². The number of methoxy groups -OCH3 is 1. The minimum absolute atomic E-state index is 0.0503. The van der Waals surface area contributed by atoms with Gasteiger partial charge in [0.2, 0.25) is 5.91 Å². The Balaban J connectivity index is 1.48. The maximum absolute atomic E-state index is 12.0. The van der Waals surface area contributed by atoms with Crippen molar-refractivity contribution in [2.45, 2.75) is 6.54 Å². The molecule has 1 aromatic heterocycles. The Hall–Kier alpha value is -3.42. The lowest BCUT2D eigenvalue weighted by Gasteiger charge is -2.34. The van der Waals surface area contributed by atoms with Crippen molar-refractivity contribution in [3.63, 3.8) is 0 Å². The molecule has 7 nitrogen and oxygen atoms in total. The van der Waals surface area contributed by atoms with Crippen LogP contribution in [-0.4, -0.2) is 71.9 Å². The van der Waals surface area contributed by atoms with Gasteiger partial charge in [-0.15, -0.1) is 6.58 Å². The second-order valence-electron chi connectivity index (χ2n) is 8.16. The van der Waals surface area contributed by atoms with Crippen molar-refractivity contribution in [1.29, 1.82) is 0 Å². The third-order valence-corrected chi connectivity index (χ3v) is 5.84. The van der Waals surface area contributed by atoms with Gasteiger partial charge in [0.25, 0.3) is 0 Å². The molecule has 0 saturated carbocycles. The Morgan fingerprint density at radius 2 is 1.76 bits per heavy atom. The molecule has 0 unspecified atom stereocenters. The number of rotatable bonds is 9. The number of hydrogen-bond donors (Lipinski definition) is 1. The highest BCUT2D eigenvalue weighted by molar-refractivity contribution is 5.78. The molecule has 0 atom stereocenters. The van der Waals surface area contributed by atoms with Gasteiger partial charge in [0.15, 0.2) is 0 Å². The topological polar surface area (TPSA) is 62.6 Å². The first kappa shape index (κ1) is 22.8. The molecule has 1 amide bonds. The Bertz CT molecular complexity index is 1050. The second-order valence-corrected chi connectivity index (χ2v) is 8.16. The van der Waals surface area contributed by atoms with Gasteiger partial charge in [0, 0.05) is 56.6 Å². The maximum atomic E-state index is 12.0. The van der Waals surface area contributed by atoms with Crippen LogP contribution in [-0.2, 0) is 11.3 Å². The highest BCUT2D eigenvalue weighted by Gasteiger charge is 2.21. The average Bonchev–Trinajstić information content (AvgIpc) is 3.28. The minimum Gasteiger partial charge on any atom is -0.497 e. The molecule has 4 rings (SSSR count). The van der Waals surface area contributed by atoms with E-state index < -0.39 is 0 Å². The number of amides is 1. The van der Waals surface area contributed by atoms with Gasteiger partial charge in [-0.05, 0) is 36.4 Å². The molecule has 1 aliphatic rings. The summed E-state index contributed by atoms with van der Waals surface area (Å²) in [5, 5.41) is 7.78. The number of carbonyl (C=O) groups is 1. The van der Waals surface area contributed by atoms with Gasteiger partial charge in [0.05, 0.1) is 25.0 Å². The van der Waals surface area contributed by atoms with Gasteiger partial charge in [0.1, 0.15) is 5.75 Å². The smallest absolute Gasteiger partial charge is 0.234 e. The quantitative estimate of drug-likeness (QED) is 0.513. The van der Waals surface area contributed by atoms with Crippen LogP contribution in [0.1, 0.15) is 5.56 Å². The van der Waals surface area contributed by atoms with E-state index in [4.69, 9.17) is 9.84 Å². The Labute approximate surface area is 195 Å². The number of nitrogens with zero attached hydrogens (tertiary/aromatic N) is 4. The van der Waals surface area contributed by atoms with Crippen LogP contribution >= 0.6 is 0 Å². The first-order chi connectivity index (χ1) is 16.2. The molecular formula is C26H31N5O2. The van der Waals surface area contributed by atoms with Crippen molar-refractivity contribution in [2.24, 2.45) is 0 Å². The Morgan fingerprint density at radius 1 is 1.06 bits per heavy atom. The lowest BCUT2D eigenvalue weighted by atomic mass is 10.1. The molecule has 1 aliphatic heterocycles. The predicted octanol–water partition coefficient (Wildman–Crippen LogP) is 2.97. The van der Waals surface area contributed by atoms with E-state index in [1.165, 1.54) is 5.56 Å². The third-order valence-electron chi connectivity index (χ3n) is 5.84. The van der Waals surface area contributed by atoms with Crippen molar-refractivity contribution >= 4 is 5.91 Å². The number of ether oxygens (including phenoxy) is 1. The van der Waals surface area contributed by atoms with E-state index in [1.54, 1.807) is 13.2 Å². The number of benzene rings is 2. The first-order valence-electron chi connectivity index (χ1n) is 11.3. The highest BCUT2D eigenvalue weighted by Crippen LogP contribution is 2.27. The Morgan fingerprint density at radius 3 is 2.42 bits per heavy atom. The summed E-state index contributed by atoms with van der Waals surface area (Å²) in [6, 6.07) is 18.2. The zero-order valence-corrected chi connectivity index (χ0v) is 19.1. The molecule has 1 fully saturated rings. The van der Waals surface area contributed by atoms with Crippen LogP contribution in [0.25, 0.3) is 16.9 Å². The fourth-order valence-electron chi connectivity index (χ4n) is 4.02. The Kier molecular flexibility index (Phi) is 7.55. The van der Waals surface area contributed by atoms with E-state index >= 15 is 0 Å². The normalized spacial score (nSPS) is 14.7. The number of carbonyl (C=O) groups excluding carboxylic acids is 1. The molecule has 172 valence electrons. The fraction of sp³-hybridized carbons (Fsp3) is 0.308. The molecule has 1 saturated heterocycles. The lowest BCUT2D eigenvalue weighted by Crippen LogP contribution is -2.49. The van der Waals surface area contributed by atoms with Crippen molar-refractivity contribution in [2.75, 3.05) is 46.4 Å². The van der Waals surface area contributed by atoms with Gasteiger partial charge in [-0.25, -0.2) is 4.68 Å². The van der Waals surface area contributed by atoms with E-state index in [2.05, 4.69) is 52.2 Å². The number of aromatic nitrogens is 2. The van der Waals surface area contributed by atoms with E-state index in [1.807, 2.05) is 35.0 Å². The van der Waals surface area contributed by atoms with Crippen LogP contribution in [0.3, 0.4) is 0 Å². The van der Waals surface area contributed by atoms with Gasteiger partial charge in [-0.3, -0.25) is 14.6 Å². The highest BCUT2D eigenvalue weighted by atomic mass is 16.5. The van der Waals surface area contributed by atoms with E-state index in [0.29, 0.717) is 13.1 Å². The molecule has 0 radical (unpaired) electrons. The van der Waals surface area contributed by atoms with Crippen LogP contribution in [0.2, 0.25) is 0 Å². The summed E-state index contributed by atoms with van der Waals surface area (Å²) in [5.74, 6) is 0.880. The predicted molar refractivity (Wildman–Crippen MR) is 130 cm³/mol. The molecule has 7 heteroatoms. The zero-order chi connectivity index (χ0) is 23.0. The average molecular weight is 446 g/mol. The minimum atomic E-state index is 0.0503. The summed E-state index contributed by atoms with van der Waals surface area (Å²) in [4.78, 5) is 16.6. The fourth-order valence-corrected chi connectivity index (χ4v) is 4.02. The van der Waals surface area contributed by atoms with Crippen molar-refractivity contribution in [3.05, 3.63) is 79.0 Å². The first-order valence-corrected chi connectivity index (χ1v) is 11.3. The molecule has 0 spiro atoms. The molecular weight excluding hydrogens is 414 g/mol. The summed E-state index contributed by atoms with van der Waals surface area (Å²) in [5.41, 5.74) is 4.26. The summed E-state index contributed by atoms with van der Waals surface area (Å²) >= 11 is 0. The van der Waals surface area contributed by atoms with Crippen LogP contribution in [0.4, 0.5) is 0 Å². The molecule has 1 N–H and O–H groups in total. The van der Waals surface area contributed by atoms with E-state index in [9.17, 15) is 4.79 Å². The number of nitrogens with one attached hydrogen (secondary N) is 1. The summed E-state index contributed by atoms with van der Waals surface area (Å²) < 4.78 is 7.27. The van der Waals surface area contributed by atoms with E-state index in [0.717, 1.165) is 55.4 Å². The van der Waals surface area contributed by atoms with Gasteiger partial charge >= 0.3 is 0 Å². The van der Waals surface area contributed by atoms with Crippen LogP contribution in [0, 0.1) is 0 Å². The number of para-hydroxylation sites is 1. The maximum Gasteiger partial charge on any atom is 0.234 e. The lowest BCUT2D eigenvalue weighted by molar-refractivity contribution is -0.122. The van der Waals surface area contributed by atoms with Crippen molar-refractivity contribution < 1.29 is 9.53 Å². The van der Waals surface area contributed by atoms with Crippen molar-refractivity contribution in [3.8, 4) is 22.7 Å². The SMILES string of the molecule is C=CCNC(=O)CN1CCN(Cc2cn(-c3ccccc3)nc2-c2ccc(OC)cc2)CC1. The molecule has 33 heavy (non-hydrogen) atoms. The molecule has 0 aliphatic carbocycles. The van der Waals surface area contributed by atoms with Crippen LogP contribution in [0.5, 0.6) is 5.75 Å². The molecule has 3 aromatic rings.